The fourth-order valence-corrected chi connectivity index (χ4v) is 1.54. The van der Waals surface area contributed by atoms with Crippen LogP contribution in [0.25, 0.3) is 0 Å². The first kappa shape index (κ1) is 22.3. The van der Waals surface area contributed by atoms with Gasteiger partial charge in [0, 0.05) is 0 Å². The van der Waals surface area contributed by atoms with Crippen molar-refractivity contribution in [2.24, 2.45) is 5.92 Å². The molecule has 124 valence electrons. The van der Waals surface area contributed by atoms with Crippen LogP contribution < -0.4 is 5.32 Å². The van der Waals surface area contributed by atoms with Gasteiger partial charge >= 0.3 is 6.09 Å². The Kier molecular flexibility index (Phi) is 15.7. The molecule has 3 nitrogen and oxygen atoms in total. The normalized spacial score (nSPS) is 14.9. The van der Waals surface area contributed by atoms with Crippen molar-refractivity contribution in [1.82, 2.24) is 5.32 Å². The second-order valence-electron chi connectivity index (χ2n) is 4.63. The zero-order chi connectivity index (χ0) is 17.4. The molecule has 1 heterocycles. The fraction of sp³-hybridized carbons (Fsp3) is 0.526. The summed E-state index contributed by atoms with van der Waals surface area (Å²) in [5.74, 6) is 0.935. The highest BCUT2D eigenvalue weighted by Crippen LogP contribution is 2.16. The van der Waals surface area contributed by atoms with Gasteiger partial charge in [0.2, 0.25) is 0 Å². The molecule has 1 aliphatic rings. The molecule has 1 amide bonds. The summed E-state index contributed by atoms with van der Waals surface area (Å²) < 4.78 is 4.77. The van der Waals surface area contributed by atoms with Gasteiger partial charge in [-0.3, -0.25) is 0 Å². The molecule has 1 aliphatic heterocycles. The molecular weight excluding hydrogens is 274 g/mol. The highest BCUT2D eigenvalue weighted by Gasteiger charge is 2.22. The van der Waals surface area contributed by atoms with Crippen molar-refractivity contribution in [3.63, 3.8) is 0 Å². The molecule has 1 N–H and O–H groups in total. The number of amides is 1. The Bertz CT molecular complexity index is 383. The molecular formula is C19H31NO2. The lowest BCUT2D eigenvalue weighted by molar-refractivity contribution is 0.177. The van der Waals surface area contributed by atoms with Gasteiger partial charge in [0.1, 0.15) is 6.61 Å². The topological polar surface area (TPSA) is 38.3 Å². The van der Waals surface area contributed by atoms with Crippen LogP contribution in [0.3, 0.4) is 0 Å². The van der Waals surface area contributed by atoms with Crippen LogP contribution in [0.15, 0.2) is 30.3 Å². The number of carbonyl (C=O) groups is 1. The van der Waals surface area contributed by atoms with Crippen molar-refractivity contribution in [2.45, 2.75) is 53.5 Å². The highest BCUT2D eigenvalue weighted by molar-refractivity contribution is 5.70. The predicted octanol–water partition coefficient (Wildman–Crippen LogP) is 5.19. The van der Waals surface area contributed by atoms with E-state index in [0.717, 1.165) is 11.5 Å². The number of terminal acetylenes is 1. The van der Waals surface area contributed by atoms with Crippen LogP contribution in [0.4, 0.5) is 4.79 Å². The Hall–Kier alpha value is -1.95. The van der Waals surface area contributed by atoms with Crippen molar-refractivity contribution in [3.8, 4) is 12.8 Å². The summed E-state index contributed by atoms with van der Waals surface area (Å²) in [5.41, 5.74) is 1.09. The summed E-state index contributed by atoms with van der Waals surface area (Å²) in [6.07, 6.45) is 10.3. The lowest BCUT2D eigenvalue weighted by atomic mass is 10.1. The van der Waals surface area contributed by atoms with E-state index < -0.39 is 0 Å². The number of benzene rings is 1. The van der Waals surface area contributed by atoms with E-state index in [1.54, 1.807) is 0 Å². The molecule has 1 saturated heterocycles. The Morgan fingerprint density at radius 2 is 1.68 bits per heavy atom. The summed E-state index contributed by atoms with van der Waals surface area (Å²) >= 11 is 0. The van der Waals surface area contributed by atoms with Gasteiger partial charge in [-0.05, 0) is 11.5 Å². The second-order valence-corrected chi connectivity index (χ2v) is 4.63. The van der Waals surface area contributed by atoms with Crippen molar-refractivity contribution < 1.29 is 9.53 Å². The van der Waals surface area contributed by atoms with E-state index >= 15 is 0 Å². The molecule has 1 fully saturated rings. The van der Waals surface area contributed by atoms with Crippen LogP contribution in [0.1, 0.15) is 59.1 Å². The predicted molar refractivity (Wildman–Crippen MR) is 94.7 cm³/mol. The molecule has 22 heavy (non-hydrogen) atoms. The summed E-state index contributed by atoms with van der Waals surface area (Å²) in [7, 11) is 0. The maximum atomic E-state index is 10.7. The molecule has 1 atom stereocenters. The third-order valence-electron chi connectivity index (χ3n) is 3.27. The SMILES string of the molecule is C#C.CC.CCC(C)CC.O=C1N[C@@H](c2ccccc2)CO1. The second kappa shape index (κ2) is 15.4. The fourth-order valence-electron chi connectivity index (χ4n) is 1.54. The number of carbonyl (C=O) groups excluding carboxylic acids is 1. The molecule has 0 spiro atoms. The van der Waals surface area contributed by atoms with E-state index in [-0.39, 0.29) is 12.1 Å². The van der Waals surface area contributed by atoms with E-state index in [1.165, 1.54) is 12.8 Å². The Balaban J connectivity index is 0. The molecule has 1 aromatic rings. The lowest BCUT2D eigenvalue weighted by Crippen LogP contribution is -2.17. The quantitative estimate of drug-likeness (QED) is 0.781. The first-order chi connectivity index (χ1) is 10.7. The molecule has 2 rings (SSSR count). The summed E-state index contributed by atoms with van der Waals surface area (Å²) in [5, 5.41) is 2.71. The first-order valence-corrected chi connectivity index (χ1v) is 7.98. The minimum atomic E-state index is -0.330. The minimum absolute atomic E-state index is 0.0266. The van der Waals surface area contributed by atoms with Crippen LogP contribution >= 0.6 is 0 Å². The van der Waals surface area contributed by atoms with Gasteiger partial charge in [-0.25, -0.2) is 4.79 Å². The van der Waals surface area contributed by atoms with Crippen molar-refractivity contribution >= 4 is 6.09 Å². The number of nitrogens with one attached hydrogen (secondary N) is 1. The Labute approximate surface area is 136 Å². The monoisotopic (exact) mass is 305 g/mol. The number of rotatable bonds is 3. The number of ether oxygens (including phenoxy) is 1. The zero-order valence-electron chi connectivity index (χ0n) is 14.6. The molecule has 0 unspecified atom stereocenters. The lowest BCUT2D eigenvalue weighted by Gasteiger charge is -2.05. The summed E-state index contributed by atoms with van der Waals surface area (Å²) in [4.78, 5) is 10.7. The van der Waals surface area contributed by atoms with E-state index in [0.29, 0.717) is 6.61 Å². The third-order valence-corrected chi connectivity index (χ3v) is 3.27. The highest BCUT2D eigenvalue weighted by atomic mass is 16.6. The van der Waals surface area contributed by atoms with Gasteiger partial charge in [-0.1, -0.05) is 77.8 Å². The first-order valence-electron chi connectivity index (χ1n) is 7.98. The van der Waals surface area contributed by atoms with Crippen LogP contribution in [0, 0.1) is 18.8 Å². The number of alkyl carbamates (subject to hydrolysis) is 1. The van der Waals surface area contributed by atoms with Crippen molar-refractivity contribution in [1.29, 1.82) is 0 Å². The van der Waals surface area contributed by atoms with Crippen molar-refractivity contribution in [3.05, 3.63) is 35.9 Å². The Morgan fingerprint density at radius 1 is 1.18 bits per heavy atom. The summed E-state index contributed by atoms with van der Waals surface area (Å²) in [6.45, 7) is 11.2. The summed E-state index contributed by atoms with van der Waals surface area (Å²) in [6, 6.07) is 9.80. The van der Waals surface area contributed by atoms with E-state index in [4.69, 9.17) is 4.74 Å². The van der Waals surface area contributed by atoms with E-state index in [1.807, 2.05) is 44.2 Å². The van der Waals surface area contributed by atoms with Crippen LogP contribution in [-0.4, -0.2) is 12.7 Å². The standard InChI is InChI=1S/C9H9NO2.C6H14.C2H6.C2H2/c11-9-10-8(6-12-9)7-4-2-1-3-5-7;1-4-6(3)5-2;2*1-2/h1-5,8H,6H2,(H,10,11);6H,4-5H2,1-3H3;1-2H3;1-2H/t8-;;;/m1.../s1. The maximum Gasteiger partial charge on any atom is 0.407 e. The molecule has 0 radical (unpaired) electrons. The van der Waals surface area contributed by atoms with Crippen LogP contribution in [0.2, 0.25) is 0 Å². The average Bonchev–Trinajstić information content (AvgIpc) is 3.05. The van der Waals surface area contributed by atoms with Gasteiger partial charge in [0.05, 0.1) is 6.04 Å². The largest absolute Gasteiger partial charge is 0.447 e. The van der Waals surface area contributed by atoms with Crippen LogP contribution in [0.5, 0.6) is 0 Å². The number of hydrogen-bond acceptors (Lipinski definition) is 2. The molecule has 1 aromatic carbocycles. The maximum absolute atomic E-state index is 10.7. The molecule has 0 saturated carbocycles. The Morgan fingerprint density at radius 3 is 2.00 bits per heavy atom. The molecule has 0 aromatic heterocycles. The average molecular weight is 305 g/mol. The van der Waals surface area contributed by atoms with E-state index in [2.05, 4.69) is 38.9 Å². The molecule has 0 bridgehead atoms. The third kappa shape index (κ3) is 9.88. The number of hydrogen-bond donors (Lipinski definition) is 1. The van der Waals surface area contributed by atoms with Gasteiger partial charge in [-0.2, -0.15) is 0 Å². The minimum Gasteiger partial charge on any atom is -0.447 e. The van der Waals surface area contributed by atoms with Gasteiger partial charge in [-0.15, -0.1) is 12.8 Å². The molecule has 0 aliphatic carbocycles. The van der Waals surface area contributed by atoms with Crippen LogP contribution in [-0.2, 0) is 4.74 Å². The van der Waals surface area contributed by atoms with Gasteiger partial charge in [0.15, 0.2) is 0 Å². The number of cyclic esters (lactones) is 1. The zero-order valence-corrected chi connectivity index (χ0v) is 14.6. The molecule has 3 heteroatoms. The van der Waals surface area contributed by atoms with Gasteiger partial charge < -0.3 is 10.1 Å². The van der Waals surface area contributed by atoms with Gasteiger partial charge in [0.25, 0.3) is 0 Å². The smallest absolute Gasteiger partial charge is 0.407 e. The van der Waals surface area contributed by atoms with E-state index in [9.17, 15) is 4.79 Å². The van der Waals surface area contributed by atoms with Crippen molar-refractivity contribution in [2.75, 3.05) is 6.61 Å².